The van der Waals surface area contributed by atoms with Gasteiger partial charge in [0.15, 0.2) is 11.6 Å². The lowest BCUT2D eigenvalue weighted by Crippen LogP contribution is -2.42. The average Bonchev–Trinajstić information content (AvgIpc) is 3.60. The summed E-state index contributed by atoms with van der Waals surface area (Å²) in [7, 11) is 0. The number of hydrogen-bond donors (Lipinski definition) is 2. The summed E-state index contributed by atoms with van der Waals surface area (Å²) in [6.07, 6.45) is -1.78. The number of aromatic nitrogens is 2. The predicted octanol–water partition coefficient (Wildman–Crippen LogP) is 8.90. The molecule has 270 valence electrons. The molecular weight excluding hydrogens is 699 g/mol. The van der Waals surface area contributed by atoms with Gasteiger partial charge in [0, 0.05) is 46.3 Å². The molecule has 0 radical (unpaired) electrons. The molecule has 0 bridgehead atoms. The highest BCUT2D eigenvalue weighted by Gasteiger charge is 2.31. The molecule has 0 spiro atoms. The molecule has 2 N–H and O–H groups in total. The Morgan fingerprint density at radius 1 is 0.846 bits per heavy atom. The van der Waals surface area contributed by atoms with Gasteiger partial charge in [-0.3, -0.25) is 14.4 Å². The first-order chi connectivity index (χ1) is 24.5. The summed E-state index contributed by atoms with van der Waals surface area (Å²) in [6.45, 7) is 7.51. The molecule has 2 heterocycles. The van der Waals surface area contributed by atoms with E-state index in [1.165, 1.54) is 54.9 Å². The molecule has 0 saturated carbocycles. The van der Waals surface area contributed by atoms with Crippen LogP contribution in [0.1, 0.15) is 54.2 Å². The molecule has 52 heavy (non-hydrogen) atoms. The van der Waals surface area contributed by atoms with Gasteiger partial charge in [-0.2, -0.15) is 0 Å². The number of benzene rings is 3. The number of carboxylic acid groups (broad SMARTS) is 1. The zero-order chi connectivity index (χ0) is 37.8. The molecule has 1 amide bonds. The summed E-state index contributed by atoms with van der Waals surface area (Å²) < 4.78 is 56.5. The van der Waals surface area contributed by atoms with Crippen molar-refractivity contribution in [1.82, 2.24) is 15.3 Å². The molecule has 3 aromatic carbocycles. The van der Waals surface area contributed by atoms with E-state index in [0.717, 1.165) is 22.6 Å². The van der Waals surface area contributed by atoms with E-state index in [2.05, 4.69) is 40.8 Å². The van der Waals surface area contributed by atoms with Gasteiger partial charge in [-0.25, -0.2) is 14.4 Å². The van der Waals surface area contributed by atoms with Crippen molar-refractivity contribution in [3.05, 3.63) is 112 Å². The average molecular weight is 734 g/mol. The van der Waals surface area contributed by atoms with Crippen LogP contribution in [0.25, 0.3) is 33.6 Å². The Bertz CT molecular complexity index is 2060. The zero-order valence-corrected chi connectivity index (χ0v) is 29.4. The van der Waals surface area contributed by atoms with Crippen LogP contribution >= 0.6 is 11.3 Å². The predicted molar refractivity (Wildman–Crippen MR) is 189 cm³/mol. The maximum atomic E-state index is 15.2. The lowest BCUT2D eigenvalue weighted by Gasteiger charge is -2.18. The van der Waals surface area contributed by atoms with E-state index in [1.54, 1.807) is 36.4 Å². The second-order valence-corrected chi connectivity index (χ2v) is 14.4. The van der Waals surface area contributed by atoms with Crippen molar-refractivity contribution >= 4 is 29.0 Å². The molecule has 13 heteroatoms. The van der Waals surface area contributed by atoms with Crippen molar-refractivity contribution in [2.75, 3.05) is 0 Å². The molecule has 0 unspecified atom stereocenters. The van der Waals surface area contributed by atoms with Gasteiger partial charge in [0.2, 0.25) is 5.91 Å². The molecule has 0 saturated heterocycles. The molecule has 0 aliphatic heterocycles. The number of amides is 1. The third-order valence-electron chi connectivity index (χ3n) is 8.20. The highest BCUT2D eigenvalue weighted by atomic mass is 32.1. The third-order valence-corrected chi connectivity index (χ3v) is 9.75. The van der Waals surface area contributed by atoms with E-state index in [-0.39, 0.29) is 35.4 Å². The van der Waals surface area contributed by atoms with Crippen molar-refractivity contribution in [2.24, 2.45) is 5.92 Å². The first-order valence-electron chi connectivity index (χ1n) is 16.2. The summed E-state index contributed by atoms with van der Waals surface area (Å²) in [6, 6.07) is 19.2. The van der Waals surface area contributed by atoms with Crippen LogP contribution in [-0.4, -0.2) is 45.1 Å². The number of carbonyl (C=O) groups excluding carboxylic acids is 2. The van der Waals surface area contributed by atoms with Crippen LogP contribution in [0.2, 0.25) is 0 Å². The van der Waals surface area contributed by atoms with E-state index in [1.807, 2.05) is 6.07 Å². The fourth-order valence-electron chi connectivity index (χ4n) is 5.33. The summed E-state index contributed by atoms with van der Waals surface area (Å²) >= 11 is 1.38. The largest absolute Gasteiger partial charge is 0.573 e. The van der Waals surface area contributed by atoms with Gasteiger partial charge in [0.05, 0.1) is 4.88 Å². The van der Waals surface area contributed by atoms with E-state index < -0.39 is 36.0 Å². The Morgan fingerprint density at radius 2 is 1.46 bits per heavy atom. The monoisotopic (exact) mass is 733 g/mol. The number of carbonyl (C=O) groups is 3. The first-order valence-corrected chi connectivity index (χ1v) is 17.0. The minimum atomic E-state index is -4.81. The lowest BCUT2D eigenvalue weighted by molar-refractivity contribution is -0.274. The minimum absolute atomic E-state index is 0.102. The highest BCUT2D eigenvalue weighted by Crippen LogP contribution is 2.32. The summed E-state index contributed by atoms with van der Waals surface area (Å²) in [5, 5.41) is 11.8. The fraction of sp³-hybridized carbons (Fsp3) is 0.256. The molecule has 0 aliphatic rings. The Kier molecular flexibility index (Phi) is 11.2. The highest BCUT2D eigenvalue weighted by molar-refractivity contribution is 7.14. The van der Waals surface area contributed by atoms with Gasteiger partial charge in [0.25, 0.3) is 0 Å². The number of aliphatic carboxylic acids is 1. The number of nitrogens with zero attached hydrogens (tertiary/aromatic N) is 2. The topological polar surface area (TPSA) is 118 Å². The van der Waals surface area contributed by atoms with Crippen LogP contribution in [0.15, 0.2) is 91.3 Å². The summed E-state index contributed by atoms with van der Waals surface area (Å²) in [5.41, 5.74) is 2.85. The van der Waals surface area contributed by atoms with E-state index in [0.29, 0.717) is 33.0 Å². The van der Waals surface area contributed by atoms with Crippen LogP contribution in [-0.2, 0) is 21.4 Å². The quantitative estimate of drug-likeness (QED) is 0.0972. The Hall–Kier alpha value is -5.43. The van der Waals surface area contributed by atoms with E-state index in [9.17, 15) is 32.7 Å². The molecule has 0 fully saturated rings. The SMILES string of the molecule is C[C@@H](NC(=O)[C@@H](CC(=O)c1ccc(C(C)(C)C)s1)Cc1ccc(-c2ncc(-c3ccc(-c4ccc(OC(F)(F)F)cc4)cc3F)cn2)cc1)C(=O)O. The molecular formula is C39H35F4N3O5S. The maximum absolute atomic E-state index is 15.2. The number of Topliss-reactive ketones (excluding diaryl/α,β-unsaturated/α-hetero) is 1. The smallest absolute Gasteiger partial charge is 0.480 e. The van der Waals surface area contributed by atoms with Crippen LogP contribution in [0.3, 0.4) is 0 Å². The Labute approximate surface area is 301 Å². The Morgan fingerprint density at radius 3 is 2.02 bits per heavy atom. The minimum Gasteiger partial charge on any atom is -0.480 e. The van der Waals surface area contributed by atoms with Gasteiger partial charge in [-0.05, 0) is 65.8 Å². The lowest BCUT2D eigenvalue weighted by atomic mass is 9.92. The number of nitrogens with one attached hydrogen (secondary N) is 1. The molecule has 2 aromatic heterocycles. The van der Waals surface area contributed by atoms with Gasteiger partial charge < -0.3 is 15.2 Å². The number of rotatable bonds is 12. The molecule has 0 aliphatic carbocycles. The van der Waals surface area contributed by atoms with Crippen LogP contribution in [0, 0.1) is 11.7 Å². The van der Waals surface area contributed by atoms with Crippen molar-refractivity contribution < 1.29 is 41.8 Å². The van der Waals surface area contributed by atoms with Crippen molar-refractivity contribution in [3.63, 3.8) is 0 Å². The number of halogens is 4. The van der Waals surface area contributed by atoms with Gasteiger partial charge in [-0.15, -0.1) is 24.5 Å². The first kappa shape index (κ1) is 37.8. The fourth-order valence-corrected chi connectivity index (χ4v) is 6.35. The summed E-state index contributed by atoms with van der Waals surface area (Å²) in [5.74, 6) is -3.33. The number of ketones is 1. The van der Waals surface area contributed by atoms with E-state index in [4.69, 9.17) is 0 Å². The summed E-state index contributed by atoms with van der Waals surface area (Å²) in [4.78, 5) is 48.2. The molecule has 5 rings (SSSR count). The van der Waals surface area contributed by atoms with Gasteiger partial charge in [0.1, 0.15) is 17.6 Å². The van der Waals surface area contributed by atoms with E-state index >= 15 is 4.39 Å². The second-order valence-electron chi connectivity index (χ2n) is 13.3. The van der Waals surface area contributed by atoms with Crippen LogP contribution in [0.4, 0.5) is 17.6 Å². The number of ether oxygens (including phenoxy) is 1. The number of hydrogen-bond acceptors (Lipinski definition) is 7. The number of thiophene rings is 1. The normalized spacial score (nSPS) is 12.9. The number of alkyl halides is 3. The van der Waals surface area contributed by atoms with Crippen molar-refractivity contribution in [1.29, 1.82) is 0 Å². The van der Waals surface area contributed by atoms with Gasteiger partial charge in [-0.1, -0.05) is 69.3 Å². The maximum Gasteiger partial charge on any atom is 0.573 e. The standard InChI is InChI=1S/C39H35F4N3O5S/c1-22(37(49)50)46-36(48)27(19-32(47)33-15-16-34(52-33)38(2,3)4)17-23-5-7-25(8-6-23)35-44-20-28(21-45-35)30-14-11-26(18-31(30)40)24-9-12-29(13-10-24)51-39(41,42)43/h5-16,18,20-22,27H,17,19H2,1-4H3,(H,46,48)(H,49,50)/t22-,27-/m1/s1. The van der Waals surface area contributed by atoms with Crippen molar-refractivity contribution in [2.45, 2.75) is 58.4 Å². The van der Waals surface area contributed by atoms with Crippen LogP contribution < -0.4 is 10.1 Å². The zero-order valence-electron chi connectivity index (χ0n) is 28.6. The third kappa shape index (κ3) is 9.66. The second kappa shape index (κ2) is 15.4. The Balaban J connectivity index is 1.28. The van der Waals surface area contributed by atoms with Crippen molar-refractivity contribution in [3.8, 4) is 39.4 Å². The number of carboxylic acids is 1. The molecule has 5 aromatic rings. The van der Waals surface area contributed by atoms with Gasteiger partial charge >= 0.3 is 12.3 Å². The molecule has 2 atom stereocenters. The molecule has 8 nitrogen and oxygen atoms in total. The van der Waals surface area contributed by atoms with Crippen LogP contribution in [0.5, 0.6) is 5.75 Å².